The summed E-state index contributed by atoms with van der Waals surface area (Å²) in [7, 11) is 12.5. The summed E-state index contributed by atoms with van der Waals surface area (Å²) >= 11 is 7.49. The Bertz CT molecular complexity index is 2040. The van der Waals surface area contributed by atoms with Crippen LogP contribution in [0.4, 0.5) is 0 Å². The van der Waals surface area contributed by atoms with Crippen molar-refractivity contribution in [2.45, 2.75) is 35.8 Å². The molecule has 0 saturated heterocycles. The lowest BCUT2D eigenvalue weighted by molar-refractivity contribution is -0.138. The molecule has 7 rings (SSSR count). The minimum atomic E-state index is -1.36. The van der Waals surface area contributed by atoms with E-state index >= 15 is 9.59 Å². The van der Waals surface area contributed by atoms with Gasteiger partial charge in [-0.05, 0) is 81.9 Å². The van der Waals surface area contributed by atoms with Crippen LogP contribution in [0.3, 0.4) is 0 Å². The van der Waals surface area contributed by atoms with Crippen LogP contribution in [-0.4, -0.2) is 68.7 Å². The van der Waals surface area contributed by atoms with Crippen molar-refractivity contribution in [3.8, 4) is 46.0 Å². The van der Waals surface area contributed by atoms with Gasteiger partial charge in [-0.2, -0.15) is 0 Å². The van der Waals surface area contributed by atoms with Crippen LogP contribution in [-0.2, 0) is 33.5 Å². The van der Waals surface area contributed by atoms with Gasteiger partial charge in [0.15, 0.2) is 46.0 Å². The van der Waals surface area contributed by atoms with E-state index in [1.54, 1.807) is 56.9 Å². The van der Waals surface area contributed by atoms with Crippen molar-refractivity contribution in [1.82, 2.24) is 10.6 Å². The minimum absolute atomic E-state index is 0.162. The summed E-state index contributed by atoms with van der Waals surface area (Å²) in [5.74, 6) is 1.28. The predicted octanol–water partition coefficient (Wildman–Crippen LogP) is 6.30. The highest BCUT2D eigenvalue weighted by Crippen LogP contribution is 2.61. The fourth-order valence-electron chi connectivity index (χ4n) is 8.62. The van der Waals surface area contributed by atoms with E-state index in [-0.39, 0.29) is 24.7 Å². The molecule has 0 unspecified atom stereocenters. The largest absolute Gasteiger partial charge is 0.493 e. The molecule has 0 aromatic heterocycles. The Morgan fingerprint density at radius 3 is 1.06 bits per heavy atom. The SMILES string of the molecule is COc1cc(Br)c(C[C@]23NC(=O)[C@H](c4cc(OC)c(OC)cc42)[C@]2(Cc4cc(OC)c(OC)cc4Br)NC(=O)[C@H]3c3cc(OC)c(OC)cc32)cc1OC. The van der Waals surface area contributed by atoms with Gasteiger partial charge < -0.3 is 48.5 Å². The molecule has 2 aliphatic heterocycles. The van der Waals surface area contributed by atoms with Gasteiger partial charge >= 0.3 is 0 Å². The van der Waals surface area contributed by atoms with Crippen molar-refractivity contribution in [3.63, 3.8) is 0 Å². The second-order valence-electron chi connectivity index (χ2n) is 13.3. The normalized spacial score (nSPS) is 21.8. The molecule has 0 saturated carbocycles. The average Bonchev–Trinajstić information content (AvgIpc) is 3.17. The van der Waals surface area contributed by atoms with Crippen molar-refractivity contribution in [2.75, 3.05) is 56.9 Å². The number of hydrogen-bond donors (Lipinski definition) is 2. The Labute approximate surface area is 329 Å². The molecule has 0 fully saturated rings. The number of rotatable bonds is 12. The van der Waals surface area contributed by atoms with E-state index in [0.29, 0.717) is 77.2 Å². The van der Waals surface area contributed by atoms with E-state index < -0.39 is 22.9 Å². The lowest BCUT2D eigenvalue weighted by Gasteiger charge is -2.59. The molecule has 4 aromatic carbocycles. The van der Waals surface area contributed by atoms with Gasteiger partial charge in [0.1, 0.15) is 0 Å². The van der Waals surface area contributed by atoms with Gasteiger partial charge in [-0.3, -0.25) is 9.59 Å². The van der Waals surface area contributed by atoms with E-state index in [4.69, 9.17) is 37.9 Å². The number of carbonyl (C=O) groups is 2. The summed E-state index contributed by atoms with van der Waals surface area (Å²) < 4.78 is 47.4. The van der Waals surface area contributed by atoms with Crippen molar-refractivity contribution >= 4 is 43.7 Å². The summed E-state index contributed by atoms with van der Waals surface area (Å²) in [6.07, 6.45) is 0.323. The molecule has 284 valence electrons. The fourth-order valence-corrected chi connectivity index (χ4v) is 9.55. The monoisotopic (exact) mass is 866 g/mol. The van der Waals surface area contributed by atoms with Crippen LogP contribution >= 0.6 is 31.9 Å². The number of nitrogens with one attached hydrogen (secondary N) is 2. The third kappa shape index (κ3) is 5.51. The van der Waals surface area contributed by atoms with Crippen molar-refractivity contribution in [2.24, 2.45) is 0 Å². The third-order valence-electron chi connectivity index (χ3n) is 10.9. The average molecular weight is 869 g/mol. The number of fused-ring (bicyclic) bond motifs is 2. The molecule has 3 aliphatic rings. The van der Waals surface area contributed by atoms with Crippen molar-refractivity contribution in [3.05, 3.63) is 90.9 Å². The van der Waals surface area contributed by atoms with Crippen LogP contribution in [0.2, 0.25) is 0 Å². The molecule has 4 aromatic rings. The first-order valence-corrected chi connectivity index (χ1v) is 18.5. The van der Waals surface area contributed by atoms with Crippen molar-refractivity contribution < 1.29 is 47.5 Å². The van der Waals surface area contributed by atoms with Crippen LogP contribution in [0, 0.1) is 0 Å². The topological polar surface area (TPSA) is 132 Å². The second-order valence-corrected chi connectivity index (χ2v) is 15.0. The van der Waals surface area contributed by atoms with Gasteiger partial charge in [0.25, 0.3) is 0 Å². The summed E-state index contributed by atoms with van der Waals surface area (Å²) in [4.78, 5) is 30.5. The number of hydrogen-bond acceptors (Lipinski definition) is 10. The highest BCUT2D eigenvalue weighted by Gasteiger charge is 2.65. The molecule has 2 amide bonds. The number of benzene rings is 4. The quantitative estimate of drug-likeness (QED) is 0.167. The van der Waals surface area contributed by atoms with Crippen LogP contribution in [0.5, 0.6) is 46.0 Å². The highest BCUT2D eigenvalue weighted by atomic mass is 79.9. The standard InChI is InChI=1S/C40H40Br2N2O10/c1-47-27-9-19(25(41)15-33(27)53-7)17-39-23-13-31(51-5)29(49-3)11-21(23)36(38(46)43-39)40(18-20-10-28(48-2)34(54-8)16-26(20)42)24-14-32(52-6)30(50-4)12-22(24)35(39)37(45)44-40/h9-16,35-36H,17-18H2,1-8H3,(H,43,46)(H,44,45)/t35-,36+,39+,40-. The molecule has 1 aliphatic carbocycles. The van der Waals surface area contributed by atoms with Crippen molar-refractivity contribution in [1.29, 1.82) is 0 Å². The smallest absolute Gasteiger partial charge is 0.231 e. The summed E-state index contributed by atoms with van der Waals surface area (Å²) in [6.45, 7) is 0. The molecule has 4 atom stereocenters. The first-order valence-electron chi connectivity index (χ1n) is 17.0. The van der Waals surface area contributed by atoms with Gasteiger partial charge in [-0.25, -0.2) is 0 Å². The molecule has 54 heavy (non-hydrogen) atoms. The Morgan fingerprint density at radius 1 is 0.463 bits per heavy atom. The van der Waals surface area contributed by atoms with Gasteiger partial charge in [-0.1, -0.05) is 31.9 Å². The zero-order chi connectivity index (χ0) is 38.7. The van der Waals surface area contributed by atoms with E-state index in [0.717, 1.165) is 11.1 Å². The first-order chi connectivity index (χ1) is 26.0. The molecular formula is C40H40Br2N2O10. The number of halogens is 2. The summed E-state index contributed by atoms with van der Waals surface area (Å²) in [6, 6.07) is 14.8. The second kappa shape index (κ2) is 14.1. The van der Waals surface area contributed by atoms with Crippen LogP contribution in [0.1, 0.15) is 45.2 Å². The molecule has 2 N–H and O–H groups in total. The number of ether oxygens (including phenoxy) is 8. The number of amides is 2. The van der Waals surface area contributed by atoms with E-state index in [1.807, 2.05) is 48.5 Å². The molecular weight excluding hydrogens is 828 g/mol. The van der Waals surface area contributed by atoms with E-state index in [2.05, 4.69) is 42.5 Å². The third-order valence-corrected chi connectivity index (χ3v) is 12.4. The number of carbonyl (C=O) groups excluding carboxylic acids is 2. The van der Waals surface area contributed by atoms with Gasteiger partial charge in [-0.15, -0.1) is 0 Å². The fraction of sp³-hybridized carbons (Fsp3) is 0.350. The Kier molecular flexibility index (Phi) is 9.80. The predicted molar refractivity (Wildman–Crippen MR) is 206 cm³/mol. The van der Waals surface area contributed by atoms with Crippen LogP contribution < -0.4 is 48.5 Å². The maximum Gasteiger partial charge on any atom is 0.231 e. The Hall–Kier alpha value is -4.82. The molecule has 12 nitrogen and oxygen atoms in total. The summed E-state index contributed by atoms with van der Waals surface area (Å²) in [5.41, 5.74) is 1.57. The zero-order valence-corrected chi connectivity index (χ0v) is 34.2. The molecule has 4 bridgehead atoms. The lowest BCUT2D eigenvalue weighted by Crippen LogP contribution is -2.71. The molecule has 2 heterocycles. The van der Waals surface area contributed by atoms with E-state index in [9.17, 15) is 0 Å². The maximum absolute atomic E-state index is 15.2. The highest BCUT2D eigenvalue weighted by molar-refractivity contribution is 9.10. The number of methoxy groups -OCH3 is 8. The van der Waals surface area contributed by atoms with Gasteiger partial charge in [0.2, 0.25) is 11.8 Å². The van der Waals surface area contributed by atoms with Crippen LogP contribution in [0.25, 0.3) is 0 Å². The molecule has 14 heteroatoms. The Balaban J connectivity index is 1.60. The Morgan fingerprint density at radius 2 is 0.741 bits per heavy atom. The maximum atomic E-state index is 15.2. The molecule has 0 spiro atoms. The summed E-state index contributed by atoms with van der Waals surface area (Å²) in [5, 5.41) is 6.87. The first kappa shape index (κ1) is 37.5. The van der Waals surface area contributed by atoms with Gasteiger partial charge in [0, 0.05) is 21.8 Å². The zero-order valence-electron chi connectivity index (χ0n) is 31.0. The van der Waals surface area contributed by atoms with Gasteiger partial charge in [0.05, 0.1) is 79.8 Å². The molecule has 0 radical (unpaired) electrons. The van der Waals surface area contributed by atoms with E-state index in [1.165, 1.54) is 0 Å². The lowest BCUT2D eigenvalue weighted by atomic mass is 9.54. The van der Waals surface area contributed by atoms with Crippen LogP contribution in [0.15, 0.2) is 57.5 Å². The minimum Gasteiger partial charge on any atom is -0.493 e.